The summed E-state index contributed by atoms with van der Waals surface area (Å²) in [5.74, 6) is 0. The Labute approximate surface area is 316 Å². The van der Waals surface area contributed by atoms with Crippen LogP contribution in [0.3, 0.4) is 0 Å². The van der Waals surface area contributed by atoms with Crippen LogP contribution >= 0.6 is 0 Å². The number of benzene rings is 2. The normalized spacial score (nSPS) is 35.0. The lowest BCUT2D eigenvalue weighted by molar-refractivity contribution is -0.201. The number of hydrogen-bond donors (Lipinski definition) is 0. The third-order valence-corrected chi connectivity index (χ3v) is 15.9. The fraction of sp³-hybridized carbons (Fsp3) is 0.739. The topological polar surface area (TPSA) is 31.4 Å². The summed E-state index contributed by atoms with van der Waals surface area (Å²) >= 11 is 0. The molecule has 6 fully saturated rings. The van der Waals surface area contributed by atoms with Gasteiger partial charge in [-0.15, -0.1) is 0 Å². The van der Waals surface area contributed by atoms with Gasteiger partial charge in [-0.2, -0.15) is 0 Å². The van der Waals surface area contributed by atoms with Crippen molar-refractivity contribution >= 4 is 0 Å². The van der Waals surface area contributed by atoms with E-state index >= 15 is 0 Å². The molecule has 6 unspecified atom stereocenters. The molecule has 0 radical (unpaired) electrons. The summed E-state index contributed by atoms with van der Waals surface area (Å²) in [4.78, 5) is 11.8. The molecule has 6 heteroatoms. The number of fused-ring (bicyclic) bond motifs is 2. The van der Waals surface area contributed by atoms with Crippen LogP contribution in [0.5, 0.6) is 0 Å². The molecule has 4 aliphatic heterocycles. The van der Waals surface area contributed by atoms with E-state index in [1.807, 2.05) is 0 Å². The van der Waals surface area contributed by atoms with Gasteiger partial charge < -0.3 is 9.47 Å². The molecule has 0 N–H and O–H groups in total. The highest BCUT2D eigenvalue weighted by Gasteiger charge is 2.85. The highest BCUT2D eigenvalue weighted by atomic mass is 16.5. The number of hydrogen-bond acceptors (Lipinski definition) is 6. The zero-order valence-corrected chi connectivity index (χ0v) is 34.4. The second kappa shape index (κ2) is 12.9. The minimum Gasteiger partial charge on any atom is -0.379 e. The molecule has 0 aromatic heterocycles. The third-order valence-electron chi connectivity index (χ3n) is 15.9. The van der Waals surface area contributed by atoms with Crippen molar-refractivity contribution in [1.82, 2.24) is 19.6 Å². The van der Waals surface area contributed by atoms with Gasteiger partial charge in [-0.25, -0.2) is 0 Å². The first kappa shape index (κ1) is 37.1. The Balaban J connectivity index is 1.26. The van der Waals surface area contributed by atoms with Gasteiger partial charge in [0.15, 0.2) is 0 Å². The SMILES string of the molecule is CC(C)(C)c1ccc(CN2C3CC4N(Cc5ccc(C(C)(C)C)cc5)C5CC2C(CN2CCOCC2)(C3(C)C)C4(CN2CCOCC2)C5(C)C)cc1. The third kappa shape index (κ3) is 5.54. The van der Waals surface area contributed by atoms with Crippen LogP contribution in [0.15, 0.2) is 48.5 Å². The smallest absolute Gasteiger partial charge is 0.0594 e. The number of morpholine rings is 2. The van der Waals surface area contributed by atoms with Gasteiger partial charge in [-0.3, -0.25) is 19.6 Å². The molecule has 6 aliphatic rings. The highest BCUT2D eigenvalue weighted by molar-refractivity contribution is 5.39. The Bertz CT molecular complexity index is 1460. The lowest BCUT2D eigenvalue weighted by Crippen LogP contribution is -2.75. The van der Waals surface area contributed by atoms with Gasteiger partial charge in [-0.1, -0.05) is 118 Å². The maximum atomic E-state index is 5.99. The van der Waals surface area contributed by atoms with E-state index in [4.69, 9.17) is 9.47 Å². The summed E-state index contributed by atoms with van der Waals surface area (Å²) < 4.78 is 12.0. The number of likely N-dealkylation sites (tertiary alicyclic amines) is 2. The van der Waals surface area contributed by atoms with Gasteiger partial charge in [0.05, 0.1) is 26.4 Å². The maximum Gasteiger partial charge on any atom is 0.0594 e. The average Bonchev–Trinajstić information content (AvgIpc) is 3.28. The fourth-order valence-electron chi connectivity index (χ4n) is 13.2. The van der Waals surface area contributed by atoms with Crippen LogP contribution in [0.2, 0.25) is 0 Å². The Hall–Kier alpha value is -1.80. The zero-order chi connectivity index (χ0) is 36.9. The molecule has 8 rings (SSSR count). The molecule has 4 bridgehead atoms. The van der Waals surface area contributed by atoms with Crippen molar-refractivity contribution in [3.8, 4) is 0 Å². The first-order chi connectivity index (χ1) is 24.5. The van der Waals surface area contributed by atoms with Crippen molar-refractivity contribution < 1.29 is 9.47 Å². The molecule has 2 aromatic carbocycles. The maximum absolute atomic E-state index is 5.99. The van der Waals surface area contributed by atoms with E-state index in [2.05, 4.69) is 137 Å². The van der Waals surface area contributed by atoms with Crippen molar-refractivity contribution in [1.29, 1.82) is 0 Å². The summed E-state index contributed by atoms with van der Waals surface area (Å²) in [6, 6.07) is 21.5. The van der Waals surface area contributed by atoms with Crippen LogP contribution < -0.4 is 0 Å². The Morgan fingerprint density at radius 3 is 1.15 bits per heavy atom. The molecule has 2 aromatic rings. The van der Waals surface area contributed by atoms with E-state index in [0.717, 1.165) is 65.7 Å². The van der Waals surface area contributed by atoms with Gasteiger partial charge in [0.2, 0.25) is 0 Å². The molecule has 4 saturated heterocycles. The molecule has 4 heterocycles. The second-order valence-electron chi connectivity index (χ2n) is 20.9. The van der Waals surface area contributed by atoms with E-state index in [9.17, 15) is 0 Å². The zero-order valence-electron chi connectivity index (χ0n) is 34.4. The van der Waals surface area contributed by atoms with Crippen LogP contribution in [-0.4, -0.2) is 109 Å². The summed E-state index contributed by atoms with van der Waals surface area (Å²) in [6.07, 6.45) is 2.50. The molecular formula is C46H70N4O2. The van der Waals surface area contributed by atoms with Gasteiger partial charge >= 0.3 is 0 Å². The summed E-state index contributed by atoms with van der Waals surface area (Å²) in [5.41, 5.74) is 6.69. The molecule has 0 spiro atoms. The highest BCUT2D eigenvalue weighted by Crippen LogP contribution is 2.80. The van der Waals surface area contributed by atoms with Gasteiger partial charge in [-0.05, 0) is 56.8 Å². The number of rotatable bonds is 8. The van der Waals surface area contributed by atoms with Crippen LogP contribution in [0.4, 0.5) is 0 Å². The molecule has 52 heavy (non-hydrogen) atoms. The van der Waals surface area contributed by atoms with E-state index in [0.29, 0.717) is 24.2 Å². The van der Waals surface area contributed by atoms with E-state index in [1.165, 1.54) is 48.2 Å². The van der Waals surface area contributed by atoms with E-state index in [1.54, 1.807) is 0 Å². The van der Waals surface area contributed by atoms with Crippen LogP contribution in [0.25, 0.3) is 0 Å². The molecule has 6 atom stereocenters. The van der Waals surface area contributed by atoms with Crippen molar-refractivity contribution in [3.05, 3.63) is 70.8 Å². The molecule has 2 aliphatic carbocycles. The van der Waals surface area contributed by atoms with E-state index in [-0.39, 0.29) is 32.5 Å². The second-order valence-corrected chi connectivity index (χ2v) is 20.9. The Morgan fingerprint density at radius 2 is 0.846 bits per heavy atom. The minimum atomic E-state index is 0.124. The number of ether oxygens (including phenoxy) is 2. The number of nitrogens with zero attached hydrogens (tertiary/aromatic N) is 4. The monoisotopic (exact) mass is 711 g/mol. The molecule has 2 saturated carbocycles. The standard InChI is InChI=1S/C46H70N4O2/c1-41(2,3)35-15-11-33(12-16-35)29-49-37-27-40-46(32-48-21-25-52-26-22-48)44(9,10)38(50(40)30-34-13-17-36(18-14-34)42(4,5)6)28-39(49)45(46,43(37,7)8)31-47-19-23-51-24-20-47/h11-18,37-40H,19-32H2,1-10H3. The molecular weight excluding hydrogens is 641 g/mol. The lowest BCUT2D eigenvalue weighted by atomic mass is 9.35. The Kier molecular flexibility index (Phi) is 9.20. The largest absolute Gasteiger partial charge is 0.379 e. The summed E-state index contributed by atoms with van der Waals surface area (Å²) in [5, 5.41) is 0. The van der Waals surface area contributed by atoms with Gasteiger partial charge in [0.25, 0.3) is 0 Å². The van der Waals surface area contributed by atoms with Crippen molar-refractivity contribution in [3.63, 3.8) is 0 Å². The first-order valence-corrected chi connectivity index (χ1v) is 20.8. The predicted molar refractivity (Wildman–Crippen MR) is 213 cm³/mol. The average molecular weight is 711 g/mol. The first-order valence-electron chi connectivity index (χ1n) is 20.8. The molecule has 0 amide bonds. The molecule has 6 nitrogen and oxygen atoms in total. The van der Waals surface area contributed by atoms with Crippen molar-refractivity contribution in [2.75, 3.05) is 65.7 Å². The van der Waals surface area contributed by atoms with Crippen LogP contribution in [0.1, 0.15) is 104 Å². The van der Waals surface area contributed by atoms with Gasteiger partial charge in [0.1, 0.15) is 0 Å². The van der Waals surface area contributed by atoms with E-state index < -0.39 is 0 Å². The predicted octanol–water partition coefficient (Wildman–Crippen LogP) is 7.58. The Morgan fingerprint density at radius 1 is 0.519 bits per heavy atom. The molecule has 286 valence electrons. The summed E-state index contributed by atoms with van der Waals surface area (Å²) in [6.45, 7) is 37.0. The minimum absolute atomic E-state index is 0.124. The lowest BCUT2D eigenvalue weighted by Gasteiger charge is -2.69. The van der Waals surface area contributed by atoms with Crippen LogP contribution in [0, 0.1) is 21.7 Å². The van der Waals surface area contributed by atoms with Crippen molar-refractivity contribution in [2.24, 2.45) is 21.7 Å². The van der Waals surface area contributed by atoms with Crippen molar-refractivity contribution in [2.45, 2.75) is 130 Å². The van der Waals surface area contributed by atoms with Crippen LogP contribution in [-0.2, 0) is 33.4 Å². The van der Waals surface area contributed by atoms with Gasteiger partial charge in [0, 0.05) is 87.4 Å². The fourth-order valence-corrected chi connectivity index (χ4v) is 13.2. The quantitative estimate of drug-likeness (QED) is 0.281. The summed E-state index contributed by atoms with van der Waals surface area (Å²) in [7, 11) is 0.